The predicted octanol–water partition coefficient (Wildman–Crippen LogP) is 0.717. The van der Waals surface area contributed by atoms with Crippen LogP contribution in [0.25, 0.3) is 0 Å². The van der Waals surface area contributed by atoms with Gasteiger partial charge in [-0.3, -0.25) is 4.72 Å². The molecule has 0 aliphatic heterocycles. The molecule has 0 radical (unpaired) electrons. The van der Waals surface area contributed by atoms with Crippen LogP contribution in [0.15, 0.2) is 58.3 Å². The number of sulfonamides is 2. The first-order chi connectivity index (χ1) is 9.70. The van der Waals surface area contributed by atoms with Crippen molar-refractivity contribution in [1.29, 1.82) is 0 Å². The Hall–Kier alpha value is -2.10. The second kappa shape index (κ2) is 5.35. The molecule has 0 aliphatic carbocycles. The number of nitrogens with one attached hydrogen (secondary N) is 1. The van der Waals surface area contributed by atoms with E-state index in [4.69, 9.17) is 10.9 Å². The molecule has 0 fully saturated rings. The van der Waals surface area contributed by atoms with E-state index in [0.717, 1.165) is 6.07 Å². The Balaban J connectivity index is 2.41. The van der Waals surface area contributed by atoms with Crippen LogP contribution < -0.4 is 15.6 Å². The van der Waals surface area contributed by atoms with Crippen LogP contribution in [-0.2, 0) is 20.0 Å². The Morgan fingerprint density at radius 2 is 1.57 bits per heavy atom. The third-order valence-corrected chi connectivity index (χ3v) is 4.99. The third-order valence-electron chi connectivity index (χ3n) is 2.62. The fourth-order valence-electron chi connectivity index (χ4n) is 1.67. The fourth-order valence-corrected chi connectivity index (χ4v) is 3.41. The van der Waals surface area contributed by atoms with Crippen molar-refractivity contribution in [3.05, 3.63) is 48.5 Å². The van der Waals surface area contributed by atoms with Gasteiger partial charge in [-0.05, 0) is 30.3 Å². The van der Waals surface area contributed by atoms with E-state index in [1.165, 1.54) is 36.4 Å². The van der Waals surface area contributed by atoms with E-state index in [1.54, 1.807) is 6.07 Å². The molecule has 0 aliphatic rings. The molecule has 0 heterocycles. The van der Waals surface area contributed by atoms with Gasteiger partial charge in [-0.15, -0.1) is 0 Å². The van der Waals surface area contributed by atoms with Crippen molar-refractivity contribution in [2.24, 2.45) is 5.14 Å². The lowest BCUT2D eigenvalue weighted by atomic mass is 10.3. The minimum Gasteiger partial charge on any atom is -0.398 e. The molecule has 2 aromatic rings. The van der Waals surface area contributed by atoms with Crippen LogP contribution in [0.2, 0.25) is 0 Å². The number of benzene rings is 2. The first-order valence-electron chi connectivity index (χ1n) is 5.70. The maximum absolute atomic E-state index is 12.2. The second-order valence-electron chi connectivity index (χ2n) is 4.22. The van der Waals surface area contributed by atoms with Gasteiger partial charge in [0, 0.05) is 0 Å². The Kier molecular flexibility index (Phi) is 3.90. The smallest absolute Gasteiger partial charge is 0.263 e. The normalized spacial score (nSPS) is 12.0. The molecule has 0 aromatic heterocycles. The number of anilines is 2. The Labute approximate surface area is 122 Å². The molecule has 2 rings (SSSR count). The molecule has 0 spiro atoms. The van der Waals surface area contributed by atoms with Crippen molar-refractivity contribution in [1.82, 2.24) is 0 Å². The van der Waals surface area contributed by atoms with Gasteiger partial charge in [0.25, 0.3) is 10.0 Å². The van der Waals surface area contributed by atoms with Gasteiger partial charge in [0.05, 0.1) is 16.3 Å². The van der Waals surface area contributed by atoms with E-state index < -0.39 is 20.0 Å². The van der Waals surface area contributed by atoms with Crippen molar-refractivity contribution in [3.63, 3.8) is 0 Å². The van der Waals surface area contributed by atoms with Crippen molar-refractivity contribution in [3.8, 4) is 0 Å². The number of primary sulfonamides is 1. The van der Waals surface area contributed by atoms with Gasteiger partial charge in [0.2, 0.25) is 10.0 Å². The standard InChI is InChI=1S/C12H13N3O4S2/c13-11-6-1-2-7-12(11)21(18,19)15-9-4-3-5-10(8-9)20(14,16)17/h1-8,15H,13H2,(H2,14,16,17). The first-order valence-corrected chi connectivity index (χ1v) is 8.73. The zero-order valence-corrected chi connectivity index (χ0v) is 12.4. The summed E-state index contributed by atoms with van der Waals surface area (Å²) in [7, 11) is -7.83. The van der Waals surface area contributed by atoms with Crippen LogP contribution >= 0.6 is 0 Å². The summed E-state index contributed by atoms with van der Waals surface area (Å²) in [5.74, 6) is 0. The first kappa shape index (κ1) is 15.3. The van der Waals surface area contributed by atoms with E-state index in [0.29, 0.717) is 0 Å². The molecule has 0 amide bonds. The fraction of sp³-hybridized carbons (Fsp3) is 0. The summed E-state index contributed by atoms with van der Waals surface area (Å²) >= 11 is 0. The van der Waals surface area contributed by atoms with Gasteiger partial charge in [-0.2, -0.15) is 0 Å². The van der Waals surface area contributed by atoms with E-state index in [-0.39, 0.29) is 21.2 Å². The van der Waals surface area contributed by atoms with Crippen LogP contribution in [-0.4, -0.2) is 16.8 Å². The molecule has 0 saturated carbocycles. The summed E-state index contributed by atoms with van der Waals surface area (Å²) in [4.78, 5) is -0.283. The monoisotopic (exact) mass is 327 g/mol. The van der Waals surface area contributed by atoms with Gasteiger partial charge in [-0.25, -0.2) is 22.0 Å². The van der Waals surface area contributed by atoms with Gasteiger partial charge in [0.1, 0.15) is 4.90 Å². The molecular weight excluding hydrogens is 314 g/mol. The summed E-state index contributed by atoms with van der Waals surface area (Å²) in [6, 6.07) is 11.1. The van der Waals surface area contributed by atoms with Gasteiger partial charge >= 0.3 is 0 Å². The average Bonchev–Trinajstić information content (AvgIpc) is 2.37. The molecule has 0 unspecified atom stereocenters. The lowest BCUT2D eigenvalue weighted by Crippen LogP contribution is -2.16. The van der Waals surface area contributed by atoms with Crippen LogP contribution in [0.5, 0.6) is 0 Å². The van der Waals surface area contributed by atoms with E-state index in [9.17, 15) is 16.8 Å². The quantitative estimate of drug-likeness (QED) is 0.712. The highest BCUT2D eigenvalue weighted by Gasteiger charge is 2.18. The summed E-state index contributed by atoms with van der Waals surface area (Å²) in [5, 5.41) is 5.00. The Morgan fingerprint density at radius 1 is 0.905 bits per heavy atom. The van der Waals surface area contributed by atoms with Crippen LogP contribution in [0.4, 0.5) is 11.4 Å². The molecule has 2 aromatic carbocycles. The third kappa shape index (κ3) is 3.51. The number of nitrogen functional groups attached to an aromatic ring is 1. The van der Waals surface area contributed by atoms with E-state index >= 15 is 0 Å². The summed E-state index contributed by atoms with van der Waals surface area (Å²) in [6.07, 6.45) is 0. The van der Waals surface area contributed by atoms with E-state index in [1.807, 2.05) is 0 Å². The number of para-hydroxylation sites is 1. The van der Waals surface area contributed by atoms with Crippen LogP contribution in [0, 0.1) is 0 Å². The van der Waals surface area contributed by atoms with Gasteiger partial charge < -0.3 is 5.73 Å². The summed E-state index contributed by atoms with van der Waals surface area (Å²) in [6.45, 7) is 0. The highest BCUT2D eigenvalue weighted by atomic mass is 32.2. The second-order valence-corrected chi connectivity index (χ2v) is 7.43. The van der Waals surface area contributed by atoms with E-state index in [2.05, 4.69) is 4.72 Å². The Morgan fingerprint density at radius 3 is 2.19 bits per heavy atom. The number of hydrogen-bond donors (Lipinski definition) is 3. The Bertz CT molecular complexity index is 877. The lowest BCUT2D eigenvalue weighted by molar-refractivity contribution is 0.596. The van der Waals surface area contributed by atoms with Crippen molar-refractivity contribution in [2.45, 2.75) is 9.79 Å². The molecule has 0 atom stereocenters. The highest BCUT2D eigenvalue weighted by molar-refractivity contribution is 7.93. The highest BCUT2D eigenvalue weighted by Crippen LogP contribution is 2.22. The largest absolute Gasteiger partial charge is 0.398 e. The zero-order valence-electron chi connectivity index (χ0n) is 10.7. The molecule has 112 valence electrons. The average molecular weight is 327 g/mol. The van der Waals surface area contributed by atoms with Crippen LogP contribution in [0.3, 0.4) is 0 Å². The van der Waals surface area contributed by atoms with Gasteiger partial charge in [0.15, 0.2) is 0 Å². The zero-order chi connectivity index (χ0) is 15.7. The van der Waals surface area contributed by atoms with Crippen molar-refractivity contribution in [2.75, 3.05) is 10.5 Å². The molecule has 21 heavy (non-hydrogen) atoms. The maximum atomic E-state index is 12.2. The predicted molar refractivity (Wildman–Crippen MR) is 79.5 cm³/mol. The molecule has 9 heteroatoms. The minimum atomic E-state index is -3.92. The number of hydrogen-bond acceptors (Lipinski definition) is 5. The number of rotatable bonds is 4. The molecular formula is C12H13N3O4S2. The molecule has 7 nitrogen and oxygen atoms in total. The van der Waals surface area contributed by atoms with Gasteiger partial charge in [-0.1, -0.05) is 18.2 Å². The maximum Gasteiger partial charge on any atom is 0.263 e. The molecule has 0 bridgehead atoms. The summed E-state index contributed by atoms with van der Waals surface area (Å²) < 4.78 is 49.2. The topological polar surface area (TPSA) is 132 Å². The SMILES string of the molecule is Nc1ccccc1S(=O)(=O)Nc1cccc(S(N)(=O)=O)c1. The van der Waals surface area contributed by atoms with Crippen LogP contribution in [0.1, 0.15) is 0 Å². The summed E-state index contributed by atoms with van der Waals surface area (Å²) in [5.41, 5.74) is 5.79. The minimum absolute atomic E-state index is 0.0739. The lowest BCUT2D eigenvalue weighted by Gasteiger charge is -2.10. The van der Waals surface area contributed by atoms with Crippen molar-refractivity contribution < 1.29 is 16.8 Å². The number of nitrogens with two attached hydrogens (primary N) is 2. The molecule has 5 N–H and O–H groups in total. The van der Waals surface area contributed by atoms with Crippen molar-refractivity contribution >= 4 is 31.4 Å². The molecule has 0 saturated heterocycles.